The summed E-state index contributed by atoms with van der Waals surface area (Å²) in [5.74, 6) is -0.249. The van der Waals surface area contributed by atoms with Gasteiger partial charge in [-0.05, 0) is 12.8 Å². The van der Waals surface area contributed by atoms with E-state index in [0.717, 1.165) is 25.8 Å². The van der Waals surface area contributed by atoms with E-state index in [-0.39, 0.29) is 12.0 Å². The molecule has 0 aromatic rings. The maximum atomic E-state index is 11.4. The highest BCUT2D eigenvalue weighted by Gasteiger charge is 2.17. The van der Waals surface area contributed by atoms with E-state index in [1.165, 1.54) is 39.2 Å². The monoisotopic (exact) mass is 226 g/mol. The second-order valence-corrected chi connectivity index (χ2v) is 4.28. The number of ether oxygens (including phenoxy) is 1. The fourth-order valence-corrected chi connectivity index (χ4v) is 1.92. The molecule has 1 rings (SSSR count). The second kappa shape index (κ2) is 8.25. The molecular weight excluding hydrogens is 204 g/mol. The molecule has 0 radical (unpaired) electrons. The van der Waals surface area contributed by atoms with Crippen LogP contribution in [0.15, 0.2) is 10.2 Å². The predicted molar refractivity (Wildman–Crippen MR) is 62.5 cm³/mol. The number of methoxy groups -OCH3 is 1. The Labute approximate surface area is 97.5 Å². The van der Waals surface area contributed by atoms with Gasteiger partial charge in [0.2, 0.25) is 0 Å². The summed E-state index contributed by atoms with van der Waals surface area (Å²) in [5, 5.41) is 8.16. The second-order valence-electron chi connectivity index (χ2n) is 4.28. The molecule has 4 nitrogen and oxygen atoms in total. The summed E-state index contributed by atoms with van der Waals surface area (Å²) in [4.78, 5) is 11.4. The summed E-state index contributed by atoms with van der Waals surface area (Å²) in [6, 6.07) is -0.371. The molecule has 1 atom stereocenters. The van der Waals surface area contributed by atoms with Crippen molar-refractivity contribution in [3.63, 3.8) is 0 Å². The fourth-order valence-electron chi connectivity index (χ4n) is 1.92. The van der Waals surface area contributed by atoms with E-state index in [9.17, 15) is 4.79 Å². The summed E-state index contributed by atoms with van der Waals surface area (Å²) in [6.07, 6.45) is 9.18. The highest BCUT2D eigenvalue weighted by molar-refractivity contribution is 5.75. The lowest BCUT2D eigenvalue weighted by Gasteiger charge is -2.09. The summed E-state index contributed by atoms with van der Waals surface area (Å²) in [5.41, 5.74) is 0. The molecule has 1 unspecified atom stereocenters. The highest BCUT2D eigenvalue weighted by Crippen LogP contribution is 2.13. The molecule has 0 bridgehead atoms. The van der Waals surface area contributed by atoms with Crippen LogP contribution in [-0.4, -0.2) is 25.7 Å². The van der Waals surface area contributed by atoms with Gasteiger partial charge in [0.25, 0.3) is 0 Å². The maximum absolute atomic E-state index is 11.4. The molecule has 1 aliphatic rings. The first-order valence-electron chi connectivity index (χ1n) is 6.29. The van der Waals surface area contributed by atoms with Gasteiger partial charge in [-0.2, -0.15) is 10.2 Å². The van der Waals surface area contributed by atoms with E-state index < -0.39 is 0 Å². The zero-order valence-corrected chi connectivity index (χ0v) is 10.2. The van der Waals surface area contributed by atoms with Crippen LogP contribution in [0.25, 0.3) is 0 Å². The van der Waals surface area contributed by atoms with Crippen molar-refractivity contribution in [3.05, 3.63) is 0 Å². The van der Waals surface area contributed by atoms with Crippen molar-refractivity contribution in [2.75, 3.05) is 13.7 Å². The smallest absolute Gasteiger partial charge is 0.332 e. The van der Waals surface area contributed by atoms with Crippen LogP contribution in [0.1, 0.15) is 51.4 Å². The third kappa shape index (κ3) is 5.24. The molecule has 92 valence electrons. The first-order chi connectivity index (χ1) is 7.84. The van der Waals surface area contributed by atoms with Crippen LogP contribution in [-0.2, 0) is 9.53 Å². The van der Waals surface area contributed by atoms with Gasteiger partial charge in [-0.3, -0.25) is 0 Å². The van der Waals surface area contributed by atoms with Crippen LogP contribution in [0.3, 0.4) is 0 Å². The molecule has 0 saturated heterocycles. The fraction of sp³-hybridized carbons (Fsp3) is 0.917. The van der Waals surface area contributed by atoms with Crippen molar-refractivity contribution >= 4 is 5.97 Å². The molecule has 0 aromatic heterocycles. The van der Waals surface area contributed by atoms with E-state index in [1.54, 1.807) is 0 Å². The topological polar surface area (TPSA) is 51.0 Å². The number of carbonyl (C=O) groups excluding carboxylic acids is 1. The number of hydrogen-bond acceptors (Lipinski definition) is 4. The number of hydrogen-bond donors (Lipinski definition) is 0. The van der Waals surface area contributed by atoms with E-state index in [1.807, 2.05) is 0 Å². The van der Waals surface area contributed by atoms with Gasteiger partial charge in [-0.1, -0.05) is 38.5 Å². The third-order valence-corrected chi connectivity index (χ3v) is 2.93. The minimum Gasteiger partial charge on any atom is -0.467 e. The third-order valence-electron chi connectivity index (χ3n) is 2.93. The van der Waals surface area contributed by atoms with Crippen molar-refractivity contribution in [3.8, 4) is 0 Å². The number of rotatable bonds is 1. The normalized spacial score (nSPS) is 24.2. The molecule has 0 fully saturated rings. The molecule has 4 heteroatoms. The number of carbonyl (C=O) groups is 1. The quantitative estimate of drug-likeness (QED) is 0.645. The Morgan fingerprint density at radius 1 is 1.06 bits per heavy atom. The first-order valence-corrected chi connectivity index (χ1v) is 6.29. The van der Waals surface area contributed by atoms with Gasteiger partial charge < -0.3 is 4.74 Å². The molecular formula is C12H22N2O2. The SMILES string of the molecule is COC(=O)C1CCCCCCCCCN=N1. The van der Waals surface area contributed by atoms with Crippen molar-refractivity contribution < 1.29 is 9.53 Å². The van der Waals surface area contributed by atoms with Gasteiger partial charge in [-0.25, -0.2) is 4.79 Å². The lowest BCUT2D eigenvalue weighted by atomic mass is 10.1. The maximum Gasteiger partial charge on any atom is 0.332 e. The van der Waals surface area contributed by atoms with Crippen LogP contribution in [0.5, 0.6) is 0 Å². The van der Waals surface area contributed by atoms with Crippen LogP contribution >= 0.6 is 0 Å². The molecule has 0 spiro atoms. The molecule has 1 heterocycles. The van der Waals surface area contributed by atoms with Gasteiger partial charge in [-0.15, -0.1) is 0 Å². The molecule has 0 aliphatic carbocycles. The molecule has 0 N–H and O–H groups in total. The van der Waals surface area contributed by atoms with E-state index in [0.29, 0.717) is 0 Å². The van der Waals surface area contributed by atoms with Crippen molar-refractivity contribution in [1.82, 2.24) is 0 Å². The van der Waals surface area contributed by atoms with Crippen molar-refractivity contribution in [2.24, 2.45) is 10.2 Å². The van der Waals surface area contributed by atoms with E-state index >= 15 is 0 Å². The molecule has 16 heavy (non-hydrogen) atoms. The highest BCUT2D eigenvalue weighted by atomic mass is 16.5. The average molecular weight is 226 g/mol. The molecule has 0 amide bonds. The zero-order valence-electron chi connectivity index (χ0n) is 10.2. The van der Waals surface area contributed by atoms with Crippen LogP contribution in [0, 0.1) is 0 Å². The van der Waals surface area contributed by atoms with Crippen molar-refractivity contribution in [2.45, 2.75) is 57.4 Å². The Balaban J connectivity index is 2.44. The standard InChI is InChI=1S/C12H22N2O2/c1-16-12(15)11-9-7-5-3-2-4-6-8-10-13-14-11/h11H,2-10H2,1H3. The van der Waals surface area contributed by atoms with Gasteiger partial charge in [0, 0.05) is 0 Å². The van der Waals surface area contributed by atoms with E-state index in [4.69, 9.17) is 4.74 Å². The minimum absolute atomic E-state index is 0.249. The van der Waals surface area contributed by atoms with Crippen LogP contribution < -0.4 is 0 Å². The Morgan fingerprint density at radius 3 is 2.38 bits per heavy atom. The Hall–Kier alpha value is -0.930. The van der Waals surface area contributed by atoms with Crippen molar-refractivity contribution in [1.29, 1.82) is 0 Å². The van der Waals surface area contributed by atoms with E-state index in [2.05, 4.69) is 10.2 Å². The van der Waals surface area contributed by atoms with Gasteiger partial charge in [0.15, 0.2) is 6.04 Å². The van der Waals surface area contributed by atoms with Crippen LogP contribution in [0.2, 0.25) is 0 Å². The summed E-state index contributed by atoms with van der Waals surface area (Å²) in [6.45, 7) is 0.744. The zero-order chi connectivity index (χ0) is 11.6. The Bertz CT molecular complexity index is 229. The summed E-state index contributed by atoms with van der Waals surface area (Å²) >= 11 is 0. The largest absolute Gasteiger partial charge is 0.467 e. The number of esters is 1. The number of azo groups is 1. The average Bonchev–Trinajstić information content (AvgIpc) is 2.29. The Kier molecular flexibility index (Phi) is 6.77. The lowest BCUT2D eigenvalue weighted by molar-refractivity contribution is -0.142. The molecule has 0 aromatic carbocycles. The predicted octanol–water partition coefficient (Wildman–Crippen LogP) is 3.11. The summed E-state index contributed by atoms with van der Waals surface area (Å²) < 4.78 is 4.72. The molecule has 1 aliphatic heterocycles. The Morgan fingerprint density at radius 2 is 1.69 bits per heavy atom. The minimum atomic E-state index is -0.371. The van der Waals surface area contributed by atoms with Gasteiger partial charge in [0.1, 0.15) is 0 Å². The molecule has 0 saturated carbocycles. The van der Waals surface area contributed by atoms with Crippen LogP contribution in [0.4, 0.5) is 0 Å². The summed E-state index contributed by atoms with van der Waals surface area (Å²) in [7, 11) is 1.41. The van der Waals surface area contributed by atoms with Gasteiger partial charge >= 0.3 is 5.97 Å². The van der Waals surface area contributed by atoms with Gasteiger partial charge in [0.05, 0.1) is 13.7 Å². The lowest BCUT2D eigenvalue weighted by Crippen LogP contribution is -2.19. The first kappa shape index (κ1) is 13.1. The number of nitrogens with zero attached hydrogens (tertiary/aromatic N) is 2.